The second-order valence-corrected chi connectivity index (χ2v) is 8.22. The summed E-state index contributed by atoms with van der Waals surface area (Å²) < 4.78 is 29.1. The SMILES string of the molecule is CC(C)CNCC(Oc1cccc(S(C)(=O)=O)c1)C(C)C. The van der Waals surface area contributed by atoms with E-state index in [0.717, 1.165) is 13.1 Å². The second-order valence-electron chi connectivity index (χ2n) is 6.20. The monoisotopic (exact) mass is 313 g/mol. The lowest BCUT2D eigenvalue weighted by Crippen LogP contribution is -2.36. The maximum Gasteiger partial charge on any atom is 0.175 e. The Morgan fingerprint density at radius 1 is 1.14 bits per heavy atom. The molecule has 1 aromatic carbocycles. The van der Waals surface area contributed by atoms with Crippen molar-refractivity contribution in [3.63, 3.8) is 0 Å². The zero-order valence-electron chi connectivity index (χ0n) is 13.6. The highest BCUT2D eigenvalue weighted by molar-refractivity contribution is 7.90. The Balaban J connectivity index is 2.75. The van der Waals surface area contributed by atoms with E-state index >= 15 is 0 Å². The van der Waals surface area contributed by atoms with Crippen LogP contribution in [0, 0.1) is 11.8 Å². The molecule has 0 spiro atoms. The van der Waals surface area contributed by atoms with E-state index in [1.165, 1.54) is 6.26 Å². The number of sulfone groups is 1. The van der Waals surface area contributed by atoms with E-state index in [-0.39, 0.29) is 11.0 Å². The lowest BCUT2D eigenvalue weighted by atomic mass is 10.1. The summed E-state index contributed by atoms with van der Waals surface area (Å²) in [4.78, 5) is 0.289. The van der Waals surface area contributed by atoms with Gasteiger partial charge in [0.25, 0.3) is 0 Å². The molecule has 5 heteroatoms. The largest absolute Gasteiger partial charge is 0.489 e. The topological polar surface area (TPSA) is 55.4 Å². The predicted octanol–water partition coefficient (Wildman–Crippen LogP) is 2.74. The number of rotatable bonds is 8. The number of hydrogen-bond acceptors (Lipinski definition) is 4. The van der Waals surface area contributed by atoms with Gasteiger partial charge in [-0.2, -0.15) is 0 Å². The number of hydrogen-bond donors (Lipinski definition) is 1. The van der Waals surface area contributed by atoms with E-state index in [1.54, 1.807) is 24.3 Å². The summed E-state index contributed by atoms with van der Waals surface area (Å²) in [6.07, 6.45) is 1.22. The summed E-state index contributed by atoms with van der Waals surface area (Å²) in [6, 6.07) is 6.69. The zero-order valence-corrected chi connectivity index (χ0v) is 14.4. The fourth-order valence-corrected chi connectivity index (χ4v) is 2.54. The van der Waals surface area contributed by atoms with E-state index in [9.17, 15) is 8.42 Å². The smallest absolute Gasteiger partial charge is 0.175 e. The zero-order chi connectivity index (χ0) is 16.0. The number of nitrogens with one attached hydrogen (secondary N) is 1. The number of ether oxygens (including phenoxy) is 1. The van der Waals surface area contributed by atoms with Gasteiger partial charge in [0.05, 0.1) is 4.90 Å². The molecule has 21 heavy (non-hydrogen) atoms. The average Bonchev–Trinajstić information content (AvgIpc) is 2.36. The first kappa shape index (κ1) is 18.0. The molecule has 0 saturated heterocycles. The van der Waals surface area contributed by atoms with Crippen LogP contribution < -0.4 is 10.1 Å². The number of benzene rings is 1. The van der Waals surface area contributed by atoms with E-state index in [4.69, 9.17) is 4.74 Å². The Morgan fingerprint density at radius 3 is 2.33 bits per heavy atom. The summed E-state index contributed by atoms with van der Waals surface area (Å²) in [6.45, 7) is 10.2. The van der Waals surface area contributed by atoms with E-state index in [2.05, 4.69) is 33.0 Å². The molecule has 0 saturated carbocycles. The van der Waals surface area contributed by atoms with Crippen LogP contribution in [-0.4, -0.2) is 33.9 Å². The quantitative estimate of drug-likeness (QED) is 0.802. The highest BCUT2D eigenvalue weighted by Gasteiger charge is 2.16. The van der Waals surface area contributed by atoms with Crippen molar-refractivity contribution in [2.75, 3.05) is 19.3 Å². The molecule has 1 aromatic rings. The van der Waals surface area contributed by atoms with Crippen molar-refractivity contribution in [3.05, 3.63) is 24.3 Å². The van der Waals surface area contributed by atoms with Crippen molar-refractivity contribution in [1.82, 2.24) is 5.32 Å². The maximum atomic E-state index is 11.6. The van der Waals surface area contributed by atoms with Crippen molar-refractivity contribution in [2.45, 2.75) is 38.7 Å². The minimum atomic E-state index is -3.21. The maximum absolute atomic E-state index is 11.6. The highest BCUT2D eigenvalue weighted by atomic mass is 32.2. The van der Waals surface area contributed by atoms with Crippen LogP contribution >= 0.6 is 0 Å². The fourth-order valence-electron chi connectivity index (χ4n) is 1.88. The Bertz CT molecular complexity index is 538. The van der Waals surface area contributed by atoms with Crippen LogP contribution in [-0.2, 0) is 9.84 Å². The van der Waals surface area contributed by atoms with Gasteiger partial charge in [0, 0.05) is 12.8 Å². The molecule has 0 amide bonds. The van der Waals surface area contributed by atoms with Gasteiger partial charge in [-0.3, -0.25) is 0 Å². The van der Waals surface area contributed by atoms with Crippen LogP contribution in [0.4, 0.5) is 0 Å². The Kier molecular flexibility index (Phi) is 6.68. The minimum Gasteiger partial charge on any atom is -0.489 e. The van der Waals surface area contributed by atoms with Gasteiger partial charge in [0.1, 0.15) is 11.9 Å². The molecule has 1 N–H and O–H groups in total. The molecule has 0 aliphatic carbocycles. The van der Waals surface area contributed by atoms with Gasteiger partial charge < -0.3 is 10.1 Å². The normalized spacial score (nSPS) is 13.7. The molecule has 0 fully saturated rings. The minimum absolute atomic E-state index is 0.0126. The molecule has 120 valence electrons. The van der Waals surface area contributed by atoms with Crippen LogP contribution in [0.2, 0.25) is 0 Å². The van der Waals surface area contributed by atoms with Gasteiger partial charge in [0.2, 0.25) is 0 Å². The lowest BCUT2D eigenvalue weighted by Gasteiger charge is -2.24. The molecule has 0 aromatic heterocycles. The Labute approximate surface area is 128 Å². The van der Waals surface area contributed by atoms with Crippen molar-refractivity contribution < 1.29 is 13.2 Å². The summed E-state index contributed by atoms with van der Waals surface area (Å²) in [5.41, 5.74) is 0. The van der Waals surface area contributed by atoms with Crippen LogP contribution in [0.3, 0.4) is 0 Å². The van der Waals surface area contributed by atoms with E-state index in [0.29, 0.717) is 17.6 Å². The van der Waals surface area contributed by atoms with Gasteiger partial charge in [-0.15, -0.1) is 0 Å². The van der Waals surface area contributed by atoms with Crippen LogP contribution in [0.25, 0.3) is 0 Å². The molecule has 0 radical (unpaired) electrons. The molecule has 0 aliphatic rings. The molecule has 4 nitrogen and oxygen atoms in total. The third-order valence-corrected chi connectivity index (χ3v) is 4.27. The Morgan fingerprint density at radius 2 is 1.81 bits per heavy atom. The average molecular weight is 313 g/mol. The standard InChI is InChI=1S/C16H27NO3S/c1-12(2)10-17-11-16(13(3)4)20-14-7-6-8-15(9-14)21(5,18)19/h6-9,12-13,16-17H,10-11H2,1-5H3. The fraction of sp³-hybridized carbons (Fsp3) is 0.625. The molecular weight excluding hydrogens is 286 g/mol. The van der Waals surface area contributed by atoms with Gasteiger partial charge in [0.15, 0.2) is 9.84 Å². The van der Waals surface area contributed by atoms with Gasteiger partial charge in [-0.05, 0) is 36.6 Å². The van der Waals surface area contributed by atoms with Crippen molar-refractivity contribution in [3.8, 4) is 5.75 Å². The van der Waals surface area contributed by atoms with E-state index < -0.39 is 9.84 Å². The third kappa shape index (κ3) is 6.48. The second kappa shape index (κ2) is 7.80. The van der Waals surface area contributed by atoms with Crippen molar-refractivity contribution in [2.24, 2.45) is 11.8 Å². The molecule has 1 rings (SSSR count). The van der Waals surface area contributed by atoms with Crippen LogP contribution in [0.1, 0.15) is 27.7 Å². The molecule has 0 heterocycles. The van der Waals surface area contributed by atoms with Gasteiger partial charge in [-0.25, -0.2) is 8.42 Å². The lowest BCUT2D eigenvalue weighted by molar-refractivity contribution is 0.147. The van der Waals surface area contributed by atoms with Gasteiger partial charge >= 0.3 is 0 Å². The molecule has 1 unspecified atom stereocenters. The predicted molar refractivity (Wildman–Crippen MR) is 86.5 cm³/mol. The molecular formula is C16H27NO3S. The highest BCUT2D eigenvalue weighted by Crippen LogP contribution is 2.20. The first-order valence-electron chi connectivity index (χ1n) is 7.37. The summed E-state index contributed by atoms with van der Waals surface area (Å²) in [7, 11) is -3.21. The van der Waals surface area contributed by atoms with Crippen LogP contribution in [0.15, 0.2) is 29.2 Å². The van der Waals surface area contributed by atoms with Gasteiger partial charge in [-0.1, -0.05) is 33.8 Å². The molecule has 1 atom stereocenters. The summed E-state index contributed by atoms with van der Waals surface area (Å²) in [5, 5.41) is 3.39. The van der Waals surface area contributed by atoms with Crippen molar-refractivity contribution >= 4 is 9.84 Å². The third-order valence-electron chi connectivity index (χ3n) is 3.16. The van der Waals surface area contributed by atoms with E-state index in [1.807, 2.05) is 0 Å². The summed E-state index contributed by atoms with van der Waals surface area (Å²) in [5.74, 6) is 1.53. The molecule has 0 bridgehead atoms. The van der Waals surface area contributed by atoms with Crippen LogP contribution in [0.5, 0.6) is 5.75 Å². The van der Waals surface area contributed by atoms with Crippen molar-refractivity contribution in [1.29, 1.82) is 0 Å². The Hall–Kier alpha value is -1.07. The summed E-state index contributed by atoms with van der Waals surface area (Å²) >= 11 is 0. The first-order chi connectivity index (χ1) is 9.70. The first-order valence-corrected chi connectivity index (χ1v) is 9.26. The molecule has 0 aliphatic heterocycles.